The van der Waals surface area contributed by atoms with E-state index >= 15 is 0 Å². The van der Waals surface area contributed by atoms with Gasteiger partial charge in [-0.1, -0.05) is 152 Å². The highest BCUT2D eigenvalue weighted by atomic mass is 15.1. The molecule has 1 aromatic heterocycles. The summed E-state index contributed by atoms with van der Waals surface area (Å²) in [5, 5.41) is 15.1. The van der Waals surface area contributed by atoms with Crippen LogP contribution in [0, 0.1) is 0 Å². The number of benzene rings is 11. The van der Waals surface area contributed by atoms with Crippen LogP contribution >= 0.6 is 0 Å². The molecule has 0 saturated carbocycles. The normalized spacial score (nSPS) is 11.8. The fourth-order valence-electron chi connectivity index (χ4n) is 9.36. The quantitative estimate of drug-likeness (QED) is 0.160. The molecule has 0 aliphatic carbocycles. The third-order valence-electron chi connectivity index (χ3n) is 12.1. The summed E-state index contributed by atoms with van der Waals surface area (Å²) in [5.41, 5.74) is 9.30. The van der Waals surface area contributed by atoms with E-state index in [2.05, 4.69) is 228 Å². The van der Waals surface area contributed by atoms with E-state index < -0.39 is 0 Å². The molecule has 0 saturated heterocycles. The maximum atomic E-state index is 2.44. The Morgan fingerprint density at radius 3 is 1.47 bits per heavy atom. The van der Waals surface area contributed by atoms with Crippen LogP contribution in [0.2, 0.25) is 0 Å². The molecule has 0 aliphatic heterocycles. The van der Waals surface area contributed by atoms with Gasteiger partial charge in [0.2, 0.25) is 0 Å². The predicted octanol–water partition coefficient (Wildman–Crippen LogP) is 15.7. The second kappa shape index (κ2) is 12.9. The van der Waals surface area contributed by atoms with Gasteiger partial charge >= 0.3 is 0 Å². The minimum absolute atomic E-state index is 1.10. The monoisotopic (exact) mass is 736 g/mol. The van der Waals surface area contributed by atoms with E-state index in [-0.39, 0.29) is 0 Å². The molecule has 2 nitrogen and oxygen atoms in total. The topological polar surface area (TPSA) is 8.17 Å². The van der Waals surface area contributed by atoms with Gasteiger partial charge in [0.05, 0.1) is 11.0 Å². The van der Waals surface area contributed by atoms with Crippen molar-refractivity contribution >= 4 is 92.7 Å². The third-order valence-corrected chi connectivity index (χ3v) is 12.1. The first-order valence-corrected chi connectivity index (χ1v) is 20.0. The van der Waals surface area contributed by atoms with Crippen LogP contribution in [0.5, 0.6) is 0 Å². The van der Waals surface area contributed by atoms with E-state index in [1.165, 1.54) is 86.8 Å². The average Bonchev–Trinajstić information content (AvgIpc) is 3.62. The van der Waals surface area contributed by atoms with Crippen molar-refractivity contribution in [3.8, 4) is 16.8 Å². The molecule has 0 fully saturated rings. The molecule has 0 N–H and O–H groups in total. The Bertz CT molecular complexity index is 3540. The molecule has 1 heterocycles. The number of rotatable bonds is 5. The average molecular weight is 737 g/mol. The van der Waals surface area contributed by atoms with Gasteiger partial charge in [0.25, 0.3) is 0 Å². The second-order valence-electron chi connectivity index (χ2n) is 15.4. The molecule has 0 radical (unpaired) electrons. The first kappa shape index (κ1) is 32.6. The lowest BCUT2D eigenvalue weighted by Gasteiger charge is -2.26. The van der Waals surface area contributed by atoms with E-state index in [1.54, 1.807) is 0 Å². The van der Waals surface area contributed by atoms with Crippen LogP contribution in [0.3, 0.4) is 0 Å². The summed E-state index contributed by atoms with van der Waals surface area (Å²) < 4.78 is 2.44. The predicted molar refractivity (Wildman–Crippen MR) is 248 cm³/mol. The van der Waals surface area contributed by atoms with Gasteiger partial charge in [-0.3, -0.25) is 0 Å². The molecule has 2 heteroatoms. The molecule has 58 heavy (non-hydrogen) atoms. The van der Waals surface area contributed by atoms with Gasteiger partial charge in [-0.25, -0.2) is 0 Å². The van der Waals surface area contributed by atoms with Crippen molar-refractivity contribution in [3.05, 3.63) is 218 Å². The SMILES string of the molecule is c1ccc(N(c2ccc3c4ccccc4c4ccccc4c3c2)c2ccc3c4ccccc4n(-c4ccc5cc(-c6ccc7ccccc7c6)ccc5c4)c3c2)cc1. The molecule has 0 bridgehead atoms. The largest absolute Gasteiger partial charge is 0.310 e. The molecule has 0 atom stereocenters. The number of nitrogens with zero attached hydrogens (tertiary/aromatic N) is 2. The van der Waals surface area contributed by atoms with Gasteiger partial charge < -0.3 is 9.47 Å². The zero-order chi connectivity index (χ0) is 38.2. The summed E-state index contributed by atoms with van der Waals surface area (Å²) in [6, 6.07) is 80.1. The summed E-state index contributed by atoms with van der Waals surface area (Å²) in [6.07, 6.45) is 0. The maximum Gasteiger partial charge on any atom is 0.0561 e. The van der Waals surface area contributed by atoms with E-state index in [0.717, 1.165) is 22.7 Å². The molecule has 270 valence electrons. The summed E-state index contributed by atoms with van der Waals surface area (Å²) in [6.45, 7) is 0. The molecule has 0 spiro atoms. The zero-order valence-electron chi connectivity index (χ0n) is 31.7. The molecule has 0 aliphatic rings. The van der Waals surface area contributed by atoms with Gasteiger partial charge in [0.1, 0.15) is 0 Å². The number of fused-ring (bicyclic) bond motifs is 11. The summed E-state index contributed by atoms with van der Waals surface area (Å²) in [7, 11) is 0. The molecule has 12 aromatic rings. The molecule has 0 amide bonds. The van der Waals surface area contributed by atoms with Crippen molar-refractivity contribution in [1.82, 2.24) is 4.57 Å². The number of aromatic nitrogens is 1. The summed E-state index contributed by atoms with van der Waals surface area (Å²) in [4.78, 5) is 2.40. The Hall–Kier alpha value is -7.68. The van der Waals surface area contributed by atoms with Gasteiger partial charge in [0, 0.05) is 33.5 Å². The number of para-hydroxylation sites is 2. The fourth-order valence-corrected chi connectivity index (χ4v) is 9.36. The van der Waals surface area contributed by atoms with Gasteiger partial charge in [0.15, 0.2) is 0 Å². The molecule has 0 unspecified atom stereocenters. The van der Waals surface area contributed by atoms with Crippen molar-refractivity contribution in [2.45, 2.75) is 0 Å². The lowest BCUT2D eigenvalue weighted by atomic mass is 9.94. The van der Waals surface area contributed by atoms with E-state index in [4.69, 9.17) is 0 Å². The molecular weight excluding hydrogens is 701 g/mol. The van der Waals surface area contributed by atoms with Crippen LogP contribution in [0.4, 0.5) is 17.1 Å². The highest BCUT2D eigenvalue weighted by Gasteiger charge is 2.19. The first-order chi connectivity index (χ1) is 28.7. The minimum Gasteiger partial charge on any atom is -0.310 e. The fraction of sp³-hybridized carbons (Fsp3) is 0. The zero-order valence-corrected chi connectivity index (χ0v) is 31.7. The molecule has 12 rings (SSSR count). The number of hydrogen-bond acceptors (Lipinski definition) is 1. The van der Waals surface area contributed by atoms with E-state index in [1.807, 2.05) is 0 Å². The van der Waals surface area contributed by atoms with Crippen LogP contribution in [0.15, 0.2) is 218 Å². The van der Waals surface area contributed by atoms with Gasteiger partial charge in [-0.05, 0) is 132 Å². The van der Waals surface area contributed by atoms with Crippen LogP contribution in [0.25, 0.3) is 92.5 Å². The van der Waals surface area contributed by atoms with Crippen molar-refractivity contribution in [1.29, 1.82) is 0 Å². The Balaban J connectivity index is 1.03. The minimum atomic E-state index is 1.10. The van der Waals surface area contributed by atoms with Crippen LogP contribution in [-0.2, 0) is 0 Å². The molecule has 11 aromatic carbocycles. The Morgan fingerprint density at radius 1 is 0.259 bits per heavy atom. The molecular formula is C56H36N2. The summed E-state index contributed by atoms with van der Waals surface area (Å²) in [5.74, 6) is 0. The third kappa shape index (κ3) is 5.12. The van der Waals surface area contributed by atoms with Crippen LogP contribution < -0.4 is 4.90 Å². The number of hydrogen-bond donors (Lipinski definition) is 0. The van der Waals surface area contributed by atoms with Crippen molar-refractivity contribution < 1.29 is 0 Å². The van der Waals surface area contributed by atoms with Crippen LogP contribution in [-0.4, -0.2) is 4.57 Å². The Morgan fingerprint density at radius 2 is 0.741 bits per heavy atom. The van der Waals surface area contributed by atoms with Crippen LogP contribution in [0.1, 0.15) is 0 Å². The van der Waals surface area contributed by atoms with Crippen molar-refractivity contribution in [2.24, 2.45) is 0 Å². The number of anilines is 3. The van der Waals surface area contributed by atoms with Gasteiger partial charge in [-0.2, -0.15) is 0 Å². The lowest BCUT2D eigenvalue weighted by molar-refractivity contribution is 1.18. The highest BCUT2D eigenvalue weighted by Crippen LogP contribution is 2.43. The summed E-state index contributed by atoms with van der Waals surface area (Å²) >= 11 is 0. The Labute approximate surface area is 336 Å². The van der Waals surface area contributed by atoms with Crippen molar-refractivity contribution in [2.75, 3.05) is 4.90 Å². The standard InChI is InChI=1S/C56H36N2/c1-2-14-43(15-3-1)57(45-28-30-51-49-18-7-6-16-47(49)48-17-8-9-19-50(48)54(51)35-45)46-29-31-53-52-20-10-11-21-55(52)58(56(53)36-46)44-27-26-41-33-40(24-25-42(41)34-44)39-23-22-37-12-4-5-13-38(37)32-39/h1-36H. The van der Waals surface area contributed by atoms with E-state index in [0.29, 0.717) is 0 Å². The Kier molecular flexibility index (Phi) is 7.26. The maximum absolute atomic E-state index is 2.44. The van der Waals surface area contributed by atoms with Crippen molar-refractivity contribution in [3.63, 3.8) is 0 Å². The second-order valence-corrected chi connectivity index (χ2v) is 15.4. The first-order valence-electron chi connectivity index (χ1n) is 20.0. The smallest absolute Gasteiger partial charge is 0.0561 e. The van der Waals surface area contributed by atoms with E-state index in [9.17, 15) is 0 Å². The highest BCUT2D eigenvalue weighted by molar-refractivity contribution is 6.26. The lowest BCUT2D eigenvalue weighted by Crippen LogP contribution is -2.10. The van der Waals surface area contributed by atoms with Gasteiger partial charge in [-0.15, -0.1) is 0 Å².